The maximum absolute atomic E-state index is 13.3. The maximum Gasteiger partial charge on any atom is 0.240 e. The highest BCUT2D eigenvalue weighted by molar-refractivity contribution is 7.89. The Morgan fingerprint density at radius 2 is 1.95 bits per heavy atom. The molecule has 7 heteroatoms. The summed E-state index contributed by atoms with van der Waals surface area (Å²) < 4.78 is 39.7. The van der Waals surface area contributed by atoms with Gasteiger partial charge in [0.2, 0.25) is 10.0 Å². The van der Waals surface area contributed by atoms with E-state index in [1.807, 2.05) is 6.07 Å². The number of hydrogen-bond donors (Lipinski definition) is 2. The molecule has 0 radical (unpaired) electrons. The Kier molecular flexibility index (Phi) is 4.82. The van der Waals surface area contributed by atoms with E-state index in [1.54, 1.807) is 18.2 Å². The van der Waals surface area contributed by atoms with Crippen molar-refractivity contribution >= 4 is 27.3 Å². The predicted molar refractivity (Wildman–Crippen MR) is 81.2 cm³/mol. The third-order valence-electron chi connectivity index (χ3n) is 2.88. The van der Waals surface area contributed by atoms with Crippen molar-refractivity contribution in [1.29, 1.82) is 0 Å². The predicted octanol–water partition coefficient (Wildman–Crippen LogP) is 2.58. The van der Waals surface area contributed by atoms with Gasteiger partial charge in [0.25, 0.3) is 0 Å². The summed E-state index contributed by atoms with van der Waals surface area (Å²) in [4.78, 5) is -0.153. The molecule has 0 aliphatic rings. The fraction of sp³-hybridized carbons (Fsp3) is 0.143. The Balaban J connectivity index is 2.03. The Morgan fingerprint density at radius 1 is 1.19 bits per heavy atom. The van der Waals surface area contributed by atoms with Crippen LogP contribution in [0.4, 0.5) is 10.1 Å². The number of anilines is 1. The third kappa shape index (κ3) is 4.17. The fourth-order valence-electron chi connectivity index (χ4n) is 1.78. The van der Waals surface area contributed by atoms with Crippen LogP contribution in [0.5, 0.6) is 0 Å². The molecule has 4 nitrogen and oxygen atoms in total. The van der Waals surface area contributed by atoms with Crippen molar-refractivity contribution in [2.75, 3.05) is 12.3 Å². The smallest absolute Gasteiger partial charge is 0.240 e. The van der Waals surface area contributed by atoms with Crippen molar-refractivity contribution in [3.63, 3.8) is 0 Å². The van der Waals surface area contributed by atoms with Crippen LogP contribution < -0.4 is 10.5 Å². The number of nitrogens with two attached hydrogens (primary N) is 1. The van der Waals surface area contributed by atoms with E-state index in [4.69, 9.17) is 17.3 Å². The summed E-state index contributed by atoms with van der Waals surface area (Å²) in [7, 11) is -3.76. The van der Waals surface area contributed by atoms with E-state index in [0.717, 1.165) is 11.6 Å². The lowest BCUT2D eigenvalue weighted by Crippen LogP contribution is -2.26. The van der Waals surface area contributed by atoms with Crippen LogP contribution in [0.25, 0.3) is 0 Å². The van der Waals surface area contributed by atoms with Crippen molar-refractivity contribution in [2.24, 2.45) is 0 Å². The van der Waals surface area contributed by atoms with Crippen LogP contribution >= 0.6 is 11.6 Å². The molecule has 3 N–H and O–H groups in total. The second-order valence-corrected chi connectivity index (χ2v) is 6.66. The first kappa shape index (κ1) is 15.8. The Bertz CT molecular complexity index is 750. The number of nitrogens with one attached hydrogen (secondary N) is 1. The van der Waals surface area contributed by atoms with Gasteiger partial charge in [-0.05, 0) is 42.3 Å². The third-order valence-corrected chi connectivity index (χ3v) is 4.57. The standard InChI is InChI=1S/C14H14ClFN2O2S/c15-11-3-1-2-10(8-11)6-7-18-21(19,20)12-4-5-14(17)13(16)9-12/h1-5,8-9,18H,6-7,17H2. The van der Waals surface area contributed by atoms with Gasteiger partial charge in [0, 0.05) is 11.6 Å². The maximum atomic E-state index is 13.3. The minimum absolute atomic E-state index is 0.0899. The topological polar surface area (TPSA) is 72.2 Å². The second kappa shape index (κ2) is 6.43. The molecule has 0 aliphatic carbocycles. The molecule has 112 valence electrons. The minimum atomic E-state index is -3.76. The molecule has 0 spiro atoms. The average Bonchev–Trinajstić information content (AvgIpc) is 2.41. The molecule has 0 fully saturated rings. The summed E-state index contributed by atoms with van der Waals surface area (Å²) >= 11 is 5.85. The molecule has 0 bridgehead atoms. The number of rotatable bonds is 5. The first-order chi connectivity index (χ1) is 9.88. The zero-order valence-electron chi connectivity index (χ0n) is 11.0. The van der Waals surface area contributed by atoms with Crippen molar-refractivity contribution in [2.45, 2.75) is 11.3 Å². The number of benzene rings is 2. The summed E-state index contributed by atoms with van der Waals surface area (Å²) in [5.74, 6) is -0.757. The molecule has 0 aliphatic heterocycles. The van der Waals surface area contributed by atoms with Crippen molar-refractivity contribution in [3.8, 4) is 0 Å². The Morgan fingerprint density at radius 3 is 2.62 bits per heavy atom. The highest BCUT2D eigenvalue weighted by Gasteiger charge is 2.15. The van der Waals surface area contributed by atoms with E-state index in [1.165, 1.54) is 12.1 Å². The van der Waals surface area contributed by atoms with Crippen LogP contribution in [-0.4, -0.2) is 15.0 Å². The van der Waals surface area contributed by atoms with Crippen LogP contribution in [0.2, 0.25) is 5.02 Å². The van der Waals surface area contributed by atoms with E-state index in [9.17, 15) is 12.8 Å². The van der Waals surface area contributed by atoms with Crippen LogP contribution in [0.1, 0.15) is 5.56 Å². The van der Waals surface area contributed by atoms with Gasteiger partial charge in [-0.1, -0.05) is 23.7 Å². The largest absolute Gasteiger partial charge is 0.396 e. The van der Waals surface area contributed by atoms with Crippen molar-refractivity contribution in [1.82, 2.24) is 4.72 Å². The van der Waals surface area contributed by atoms with Gasteiger partial charge in [0.05, 0.1) is 10.6 Å². The lowest BCUT2D eigenvalue weighted by Gasteiger charge is -2.08. The molecule has 0 saturated carbocycles. The van der Waals surface area contributed by atoms with Crippen LogP contribution in [0.15, 0.2) is 47.4 Å². The molecule has 2 rings (SSSR count). The molecular weight excluding hydrogens is 315 g/mol. The van der Waals surface area contributed by atoms with Gasteiger partial charge in [-0.3, -0.25) is 0 Å². The first-order valence-electron chi connectivity index (χ1n) is 6.17. The van der Waals surface area contributed by atoms with Gasteiger partial charge < -0.3 is 5.73 Å². The average molecular weight is 329 g/mol. The number of nitrogen functional groups attached to an aromatic ring is 1. The van der Waals surface area contributed by atoms with Crippen LogP contribution in [0, 0.1) is 5.82 Å². The van der Waals surface area contributed by atoms with Gasteiger partial charge in [0.15, 0.2) is 0 Å². The molecule has 0 amide bonds. The second-order valence-electron chi connectivity index (χ2n) is 4.46. The molecule has 0 heterocycles. The van der Waals surface area contributed by atoms with E-state index in [-0.39, 0.29) is 17.1 Å². The van der Waals surface area contributed by atoms with Gasteiger partial charge in [-0.2, -0.15) is 0 Å². The number of hydrogen-bond acceptors (Lipinski definition) is 3. The quantitative estimate of drug-likeness (QED) is 0.829. The molecular formula is C14H14ClFN2O2S. The molecule has 2 aromatic rings. The normalized spacial score (nSPS) is 11.5. The SMILES string of the molecule is Nc1ccc(S(=O)(=O)NCCc2cccc(Cl)c2)cc1F. The highest BCUT2D eigenvalue weighted by atomic mass is 35.5. The van der Waals surface area contributed by atoms with Crippen LogP contribution in [0.3, 0.4) is 0 Å². The van der Waals surface area contributed by atoms with Crippen molar-refractivity contribution < 1.29 is 12.8 Å². The van der Waals surface area contributed by atoms with Crippen molar-refractivity contribution in [3.05, 3.63) is 58.9 Å². The molecule has 21 heavy (non-hydrogen) atoms. The molecule has 0 atom stereocenters. The van der Waals surface area contributed by atoms with E-state index in [0.29, 0.717) is 11.4 Å². The number of halogens is 2. The zero-order chi connectivity index (χ0) is 15.5. The lowest BCUT2D eigenvalue weighted by molar-refractivity contribution is 0.578. The van der Waals surface area contributed by atoms with E-state index in [2.05, 4.69) is 4.72 Å². The van der Waals surface area contributed by atoms with Gasteiger partial charge in [0.1, 0.15) is 5.82 Å². The van der Waals surface area contributed by atoms with E-state index >= 15 is 0 Å². The summed E-state index contributed by atoms with van der Waals surface area (Å²) in [6, 6.07) is 10.5. The summed E-state index contributed by atoms with van der Waals surface area (Å²) in [5, 5.41) is 0.593. The highest BCUT2D eigenvalue weighted by Crippen LogP contribution is 2.16. The molecule has 2 aromatic carbocycles. The minimum Gasteiger partial charge on any atom is -0.396 e. The van der Waals surface area contributed by atoms with E-state index < -0.39 is 15.8 Å². The summed E-state index contributed by atoms with van der Waals surface area (Å²) in [6.07, 6.45) is 0.483. The molecule has 0 unspecified atom stereocenters. The number of sulfonamides is 1. The summed E-state index contributed by atoms with van der Waals surface area (Å²) in [6.45, 7) is 0.189. The Labute approximate surface area is 127 Å². The fourth-order valence-corrected chi connectivity index (χ4v) is 3.04. The zero-order valence-corrected chi connectivity index (χ0v) is 12.6. The first-order valence-corrected chi connectivity index (χ1v) is 8.04. The van der Waals surface area contributed by atoms with Crippen LogP contribution in [-0.2, 0) is 16.4 Å². The van der Waals surface area contributed by atoms with Gasteiger partial charge >= 0.3 is 0 Å². The van der Waals surface area contributed by atoms with Gasteiger partial charge in [-0.25, -0.2) is 17.5 Å². The molecule has 0 aromatic heterocycles. The summed E-state index contributed by atoms with van der Waals surface area (Å²) in [5.41, 5.74) is 6.14. The Hall–Kier alpha value is -1.63. The molecule has 0 saturated heterocycles. The lowest BCUT2D eigenvalue weighted by atomic mass is 10.2. The monoisotopic (exact) mass is 328 g/mol. The van der Waals surface area contributed by atoms with Gasteiger partial charge in [-0.15, -0.1) is 0 Å².